The first kappa shape index (κ1) is 9.30. The molecule has 0 aliphatic rings. The molecular weight excluding hydrogens is 196 g/mol. The van der Waals surface area contributed by atoms with Gasteiger partial charge in [-0.2, -0.15) is 0 Å². The quantitative estimate of drug-likeness (QED) is 0.817. The predicted molar refractivity (Wildman–Crippen MR) is 56.0 cm³/mol. The monoisotopic (exact) mass is 206 g/mol. The summed E-state index contributed by atoms with van der Waals surface area (Å²) in [5.74, 6) is 0. The van der Waals surface area contributed by atoms with Crippen molar-refractivity contribution in [3.63, 3.8) is 0 Å². The normalized spacial score (nSPS) is 10.4. The summed E-state index contributed by atoms with van der Waals surface area (Å²) in [6.07, 6.45) is 1.74. The maximum atomic E-state index is 8.83. The fourth-order valence-electron chi connectivity index (χ4n) is 1.17. The molecule has 0 saturated carbocycles. The van der Waals surface area contributed by atoms with Gasteiger partial charge < -0.3 is 5.11 Å². The van der Waals surface area contributed by atoms with E-state index in [1.54, 1.807) is 17.5 Å². The van der Waals surface area contributed by atoms with Crippen LogP contribution in [0.15, 0.2) is 23.7 Å². The van der Waals surface area contributed by atoms with Gasteiger partial charge in [-0.3, -0.25) is 4.98 Å². The average molecular weight is 206 g/mol. The molecule has 2 rings (SSSR count). The van der Waals surface area contributed by atoms with Gasteiger partial charge in [0.1, 0.15) is 0 Å². The minimum absolute atomic E-state index is 0.0175. The molecule has 0 atom stereocenters. The summed E-state index contributed by atoms with van der Waals surface area (Å²) in [5, 5.41) is 11.9. The molecule has 14 heavy (non-hydrogen) atoms. The van der Waals surface area contributed by atoms with Crippen LogP contribution in [0, 0.1) is 6.92 Å². The summed E-state index contributed by atoms with van der Waals surface area (Å²) < 4.78 is 0. The Labute approximate surface area is 86.1 Å². The molecule has 0 aliphatic carbocycles. The van der Waals surface area contributed by atoms with Crippen LogP contribution in [0.4, 0.5) is 0 Å². The van der Waals surface area contributed by atoms with Crippen molar-refractivity contribution in [2.24, 2.45) is 0 Å². The Morgan fingerprint density at radius 2 is 2.29 bits per heavy atom. The van der Waals surface area contributed by atoms with Gasteiger partial charge in [-0.15, -0.1) is 11.3 Å². The average Bonchev–Trinajstić information content (AvgIpc) is 2.65. The van der Waals surface area contributed by atoms with E-state index in [0.29, 0.717) is 5.69 Å². The lowest BCUT2D eigenvalue weighted by Gasteiger charge is -1.97. The lowest BCUT2D eigenvalue weighted by Crippen LogP contribution is -1.88. The molecule has 2 aromatic heterocycles. The highest BCUT2D eigenvalue weighted by Crippen LogP contribution is 2.20. The Kier molecular flexibility index (Phi) is 2.56. The zero-order chi connectivity index (χ0) is 9.97. The van der Waals surface area contributed by atoms with Gasteiger partial charge in [-0.25, -0.2) is 4.98 Å². The van der Waals surface area contributed by atoms with Gasteiger partial charge in [0, 0.05) is 17.1 Å². The molecule has 1 N–H and O–H groups in total. The number of aliphatic hydroxyl groups is 1. The van der Waals surface area contributed by atoms with E-state index in [-0.39, 0.29) is 6.61 Å². The molecule has 0 aliphatic heterocycles. The second-order valence-corrected chi connectivity index (χ2v) is 4.01. The summed E-state index contributed by atoms with van der Waals surface area (Å²) in [6, 6.07) is 3.73. The molecule has 72 valence electrons. The molecule has 0 radical (unpaired) electrons. The van der Waals surface area contributed by atoms with Crippen LogP contribution in [0.5, 0.6) is 0 Å². The highest BCUT2D eigenvalue weighted by atomic mass is 32.1. The number of thiazole rings is 1. The summed E-state index contributed by atoms with van der Waals surface area (Å²) >= 11 is 1.62. The molecule has 0 bridgehead atoms. The standard InChI is InChI=1S/C10H10N2OS/c1-7-12-10(6-14-7)8-2-3-9(5-13)11-4-8/h2-4,6,13H,5H2,1H3. The number of rotatable bonds is 2. The van der Waals surface area contributed by atoms with E-state index in [9.17, 15) is 0 Å². The van der Waals surface area contributed by atoms with Crippen LogP contribution in [0.3, 0.4) is 0 Å². The van der Waals surface area contributed by atoms with Crippen LogP contribution in [0.1, 0.15) is 10.7 Å². The van der Waals surface area contributed by atoms with Crippen LogP contribution in [-0.2, 0) is 6.61 Å². The molecule has 0 spiro atoms. The Morgan fingerprint density at radius 1 is 1.43 bits per heavy atom. The second-order valence-electron chi connectivity index (χ2n) is 2.95. The van der Waals surface area contributed by atoms with Crippen LogP contribution in [0.2, 0.25) is 0 Å². The molecule has 3 nitrogen and oxygen atoms in total. The minimum atomic E-state index is -0.0175. The van der Waals surface area contributed by atoms with Crippen LogP contribution < -0.4 is 0 Å². The van der Waals surface area contributed by atoms with Crippen molar-refractivity contribution in [1.29, 1.82) is 0 Å². The molecule has 0 unspecified atom stereocenters. The molecule has 0 aromatic carbocycles. The van der Waals surface area contributed by atoms with Gasteiger partial charge in [0.05, 0.1) is 23.0 Å². The van der Waals surface area contributed by atoms with Crippen molar-refractivity contribution in [1.82, 2.24) is 9.97 Å². The number of aliphatic hydroxyl groups excluding tert-OH is 1. The number of pyridine rings is 1. The largest absolute Gasteiger partial charge is 0.390 e. The van der Waals surface area contributed by atoms with E-state index in [1.807, 2.05) is 24.4 Å². The first-order valence-corrected chi connectivity index (χ1v) is 5.16. The third kappa shape index (κ3) is 1.81. The molecule has 4 heteroatoms. The van der Waals surface area contributed by atoms with E-state index in [2.05, 4.69) is 9.97 Å². The Morgan fingerprint density at radius 3 is 2.79 bits per heavy atom. The lowest BCUT2D eigenvalue weighted by atomic mass is 10.2. The van der Waals surface area contributed by atoms with Gasteiger partial charge >= 0.3 is 0 Å². The topological polar surface area (TPSA) is 46.0 Å². The number of aryl methyl sites for hydroxylation is 1. The fraction of sp³-hybridized carbons (Fsp3) is 0.200. The maximum Gasteiger partial charge on any atom is 0.0901 e. The number of aromatic nitrogens is 2. The van der Waals surface area contributed by atoms with Gasteiger partial charge in [-0.05, 0) is 19.1 Å². The van der Waals surface area contributed by atoms with E-state index in [4.69, 9.17) is 5.11 Å². The fourth-order valence-corrected chi connectivity index (χ4v) is 1.79. The SMILES string of the molecule is Cc1nc(-c2ccc(CO)nc2)cs1. The number of hydrogen-bond donors (Lipinski definition) is 1. The van der Waals surface area contributed by atoms with Gasteiger partial charge in [0.25, 0.3) is 0 Å². The Bertz CT molecular complexity index is 422. The third-order valence-corrected chi connectivity index (χ3v) is 2.68. The smallest absolute Gasteiger partial charge is 0.0901 e. The first-order chi connectivity index (χ1) is 6.79. The highest BCUT2D eigenvalue weighted by Gasteiger charge is 2.01. The zero-order valence-electron chi connectivity index (χ0n) is 7.77. The van der Waals surface area contributed by atoms with Crippen molar-refractivity contribution in [2.45, 2.75) is 13.5 Å². The summed E-state index contributed by atoms with van der Waals surface area (Å²) in [5.41, 5.74) is 2.62. The molecule has 0 saturated heterocycles. The number of nitrogens with zero attached hydrogens (tertiary/aromatic N) is 2. The zero-order valence-corrected chi connectivity index (χ0v) is 8.58. The Balaban J connectivity index is 2.33. The highest BCUT2D eigenvalue weighted by molar-refractivity contribution is 7.09. The van der Waals surface area contributed by atoms with Crippen LogP contribution in [-0.4, -0.2) is 15.1 Å². The molecule has 0 amide bonds. The van der Waals surface area contributed by atoms with E-state index >= 15 is 0 Å². The number of hydrogen-bond acceptors (Lipinski definition) is 4. The van der Waals surface area contributed by atoms with Gasteiger partial charge in [-0.1, -0.05) is 0 Å². The molecule has 2 aromatic rings. The van der Waals surface area contributed by atoms with Crippen molar-refractivity contribution in [3.05, 3.63) is 34.4 Å². The van der Waals surface area contributed by atoms with Gasteiger partial charge in [0.15, 0.2) is 0 Å². The molecule has 0 fully saturated rings. The molecule has 2 heterocycles. The Hall–Kier alpha value is -1.26. The lowest BCUT2D eigenvalue weighted by molar-refractivity contribution is 0.277. The second kappa shape index (κ2) is 3.86. The van der Waals surface area contributed by atoms with Crippen molar-refractivity contribution < 1.29 is 5.11 Å². The third-order valence-electron chi connectivity index (χ3n) is 1.90. The maximum absolute atomic E-state index is 8.83. The first-order valence-electron chi connectivity index (χ1n) is 4.28. The predicted octanol–water partition coefficient (Wildman–Crippen LogP) is 2.01. The van der Waals surface area contributed by atoms with Crippen LogP contribution >= 0.6 is 11.3 Å². The van der Waals surface area contributed by atoms with Crippen molar-refractivity contribution in [3.8, 4) is 11.3 Å². The van der Waals surface area contributed by atoms with Gasteiger partial charge in [0.2, 0.25) is 0 Å². The molecular formula is C10H10N2OS. The van der Waals surface area contributed by atoms with Crippen molar-refractivity contribution in [2.75, 3.05) is 0 Å². The van der Waals surface area contributed by atoms with E-state index in [1.165, 1.54) is 0 Å². The summed E-state index contributed by atoms with van der Waals surface area (Å²) in [6.45, 7) is 1.96. The summed E-state index contributed by atoms with van der Waals surface area (Å²) in [7, 11) is 0. The minimum Gasteiger partial charge on any atom is -0.390 e. The van der Waals surface area contributed by atoms with E-state index in [0.717, 1.165) is 16.3 Å². The summed E-state index contributed by atoms with van der Waals surface area (Å²) in [4.78, 5) is 8.45. The van der Waals surface area contributed by atoms with Crippen molar-refractivity contribution >= 4 is 11.3 Å². The van der Waals surface area contributed by atoms with Crippen LogP contribution in [0.25, 0.3) is 11.3 Å². The van der Waals surface area contributed by atoms with E-state index < -0.39 is 0 Å².